The Morgan fingerprint density at radius 3 is 2.67 bits per heavy atom. The molecule has 0 spiro atoms. The highest BCUT2D eigenvalue weighted by molar-refractivity contribution is 7.99. The molecule has 1 unspecified atom stereocenters. The second kappa shape index (κ2) is 7.32. The molecule has 0 bridgehead atoms. The van der Waals surface area contributed by atoms with Crippen LogP contribution >= 0.6 is 11.8 Å². The van der Waals surface area contributed by atoms with E-state index in [4.69, 9.17) is 0 Å². The lowest BCUT2D eigenvalue weighted by Gasteiger charge is -2.26. The first-order valence-corrected chi connectivity index (χ1v) is 9.12. The molecule has 1 aromatic rings. The van der Waals surface area contributed by atoms with Gasteiger partial charge in [-0.1, -0.05) is 30.3 Å². The second-order valence-corrected chi connectivity index (χ2v) is 7.25. The minimum absolute atomic E-state index is 0.314. The summed E-state index contributed by atoms with van der Waals surface area (Å²) in [5.41, 5.74) is 1.31. The molecule has 1 aromatic carbocycles. The molecule has 2 heterocycles. The molecule has 0 aromatic heterocycles. The summed E-state index contributed by atoms with van der Waals surface area (Å²) in [7, 11) is 0. The highest BCUT2D eigenvalue weighted by atomic mass is 32.2. The van der Waals surface area contributed by atoms with E-state index in [-0.39, 0.29) is 0 Å². The number of hydrogen-bond acceptors (Lipinski definition) is 3. The maximum Gasteiger partial charge on any atom is 0.224 e. The molecule has 1 atom stereocenters. The summed E-state index contributed by atoms with van der Waals surface area (Å²) in [6, 6.07) is 11.4. The Labute approximate surface area is 131 Å². The van der Waals surface area contributed by atoms with Gasteiger partial charge in [-0.3, -0.25) is 4.79 Å². The van der Waals surface area contributed by atoms with Crippen LogP contribution in [0, 0.1) is 0 Å². The summed E-state index contributed by atoms with van der Waals surface area (Å²) in [5.74, 6) is 2.83. The van der Waals surface area contributed by atoms with Gasteiger partial charge in [-0.25, -0.2) is 0 Å². The van der Waals surface area contributed by atoms with Crippen LogP contribution in [-0.4, -0.2) is 47.5 Å². The average molecular weight is 304 g/mol. The Kier molecular flexibility index (Phi) is 5.20. The van der Waals surface area contributed by atoms with Crippen molar-refractivity contribution in [2.24, 2.45) is 0 Å². The fourth-order valence-corrected chi connectivity index (χ4v) is 4.31. The Hall–Kier alpha value is -1.00. The lowest BCUT2D eigenvalue weighted by atomic mass is 10.1. The number of rotatable bonds is 5. The van der Waals surface area contributed by atoms with Gasteiger partial charge in [0, 0.05) is 31.6 Å². The fourth-order valence-electron chi connectivity index (χ4n) is 3.21. The predicted molar refractivity (Wildman–Crippen MR) is 88.6 cm³/mol. The molecule has 0 radical (unpaired) electrons. The summed E-state index contributed by atoms with van der Waals surface area (Å²) in [6.07, 6.45) is 4.14. The molecule has 1 N–H and O–H groups in total. The zero-order chi connectivity index (χ0) is 14.5. The fraction of sp³-hybridized carbons (Fsp3) is 0.588. The van der Waals surface area contributed by atoms with Crippen molar-refractivity contribution in [2.75, 3.05) is 24.6 Å². The van der Waals surface area contributed by atoms with Gasteiger partial charge < -0.3 is 10.2 Å². The predicted octanol–water partition coefficient (Wildman–Crippen LogP) is 2.32. The van der Waals surface area contributed by atoms with E-state index < -0.39 is 0 Å². The zero-order valence-corrected chi connectivity index (χ0v) is 13.3. The van der Waals surface area contributed by atoms with E-state index >= 15 is 0 Å². The Balaban J connectivity index is 1.45. The van der Waals surface area contributed by atoms with Crippen LogP contribution in [-0.2, 0) is 11.2 Å². The van der Waals surface area contributed by atoms with E-state index in [1.54, 1.807) is 0 Å². The van der Waals surface area contributed by atoms with Crippen LogP contribution in [0.25, 0.3) is 0 Å². The molecule has 114 valence electrons. The van der Waals surface area contributed by atoms with Crippen molar-refractivity contribution in [3.05, 3.63) is 35.9 Å². The lowest BCUT2D eigenvalue weighted by Crippen LogP contribution is -2.42. The molecule has 21 heavy (non-hydrogen) atoms. The van der Waals surface area contributed by atoms with Crippen LogP contribution < -0.4 is 5.32 Å². The lowest BCUT2D eigenvalue weighted by molar-refractivity contribution is -0.127. The number of amides is 1. The Morgan fingerprint density at radius 1 is 1.14 bits per heavy atom. The SMILES string of the molecule is O=C1CC(NC2CCSCC2)CN1CCc1ccccc1. The molecule has 0 saturated carbocycles. The summed E-state index contributed by atoms with van der Waals surface area (Å²) in [5, 5.41) is 3.70. The minimum atomic E-state index is 0.314. The van der Waals surface area contributed by atoms with Crippen LogP contribution in [0.5, 0.6) is 0 Å². The maximum atomic E-state index is 12.1. The van der Waals surface area contributed by atoms with Crippen molar-refractivity contribution in [3.63, 3.8) is 0 Å². The number of nitrogens with zero attached hydrogens (tertiary/aromatic N) is 1. The number of nitrogens with one attached hydrogen (secondary N) is 1. The molecular weight excluding hydrogens is 280 g/mol. The molecule has 2 fully saturated rings. The smallest absolute Gasteiger partial charge is 0.224 e. The van der Waals surface area contributed by atoms with Crippen molar-refractivity contribution >= 4 is 17.7 Å². The zero-order valence-electron chi connectivity index (χ0n) is 12.5. The van der Waals surface area contributed by atoms with E-state index in [1.165, 1.54) is 29.9 Å². The topological polar surface area (TPSA) is 32.3 Å². The van der Waals surface area contributed by atoms with Crippen molar-refractivity contribution in [2.45, 2.75) is 37.8 Å². The highest BCUT2D eigenvalue weighted by Crippen LogP contribution is 2.20. The largest absolute Gasteiger partial charge is 0.341 e. The van der Waals surface area contributed by atoms with Crippen LogP contribution in [0.1, 0.15) is 24.8 Å². The van der Waals surface area contributed by atoms with E-state index in [2.05, 4.69) is 29.6 Å². The van der Waals surface area contributed by atoms with E-state index in [0.29, 0.717) is 24.4 Å². The molecular formula is C17H24N2OS. The third-order valence-corrected chi connectivity index (χ3v) is 5.47. The summed E-state index contributed by atoms with van der Waals surface area (Å²) in [6.45, 7) is 1.73. The van der Waals surface area contributed by atoms with Crippen molar-refractivity contribution in [1.29, 1.82) is 0 Å². The number of hydrogen-bond donors (Lipinski definition) is 1. The molecule has 3 rings (SSSR count). The number of carbonyl (C=O) groups excluding carboxylic acids is 1. The number of benzene rings is 1. The highest BCUT2D eigenvalue weighted by Gasteiger charge is 2.30. The standard InChI is InChI=1S/C17H24N2OS/c20-17-12-16(18-15-7-10-21-11-8-15)13-19(17)9-6-14-4-2-1-3-5-14/h1-5,15-16,18H,6-13H2. The monoisotopic (exact) mass is 304 g/mol. The van der Waals surface area contributed by atoms with Gasteiger partial charge in [0.2, 0.25) is 5.91 Å². The van der Waals surface area contributed by atoms with Gasteiger partial charge in [-0.2, -0.15) is 11.8 Å². The maximum absolute atomic E-state index is 12.1. The third kappa shape index (κ3) is 4.24. The normalized spacial score (nSPS) is 23.7. The molecule has 2 aliphatic rings. The first-order valence-electron chi connectivity index (χ1n) is 7.97. The summed E-state index contributed by atoms with van der Waals surface area (Å²) < 4.78 is 0. The third-order valence-electron chi connectivity index (χ3n) is 4.42. The van der Waals surface area contributed by atoms with Gasteiger partial charge in [-0.05, 0) is 36.3 Å². The van der Waals surface area contributed by atoms with Gasteiger partial charge in [0.25, 0.3) is 0 Å². The Morgan fingerprint density at radius 2 is 1.90 bits per heavy atom. The first-order chi connectivity index (χ1) is 10.3. The average Bonchev–Trinajstić information content (AvgIpc) is 2.87. The number of thioether (sulfide) groups is 1. The Bertz CT molecular complexity index is 459. The van der Waals surface area contributed by atoms with Crippen molar-refractivity contribution in [1.82, 2.24) is 10.2 Å². The summed E-state index contributed by atoms with van der Waals surface area (Å²) >= 11 is 2.05. The van der Waals surface area contributed by atoms with Crippen LogP contribution in [0.15, 0.2) is 30.3 Å². The molecule has 1 amide bonds. The van der Waals surface area contributed by atoms with E-state index in [0.717, 1.165) is 19.5 Å². The van der Waals surface area contributed by atoms with E-state index in [9.17, 15) is 4.79 Å². The number of carbonyl (C=O) groups is 1. The second-order valence-electron chi connectivity index (χ2n) is 6.03. The van der Waals surface area contributed by atoms with Gasteiger partial charge in [0.15, 0.2) is 0 Å². The molecule has 2 saturated heterocycles. The van der Waals surface area contributed by atoms with Gasteiger partial charge in [-0.15, -0.1) is 0 Å². The minimum Gasteiger partial charge on any atom is -0.341 e. The summed E-state index contributed by atoms with van der Waals surface area (Å²) in [4.78, 5) is 14.2. The van der Waals surface area contributed by atoms with Crippen molar-refractivity contribution < 1.29 is 4.79 Å². The molecule has 3 nitrogen and oxygen atoms in total. The molecule has 2 aliphatic heterocycles. The van der Waals surface area contributed by atoms with Gasteiger partial charge in [0.05, 0.1) is 0 Å². The van der Waals surface area contributed by atoms with Crippen LogP contribution in [0.3, 0.4) is 0 Å². The van der Waals surface area contributed by atoms with Crippen LogP contribution in [0.2, 0.25) is 0 Å². The number of likely N-dealkylation sites (tertiary alicyclic amines) is 1. The van der Waals surface area contributed by atoms with Crippen LogP contribution in [0.4, 0.5) is 0 Å². The first kappa shape index (κ1) is 14.9. The van der Waals surface area contributed by atoms with Crippen molar-refractivity contribution in [3.8, 4) is 0 Å². The van der Waals surface area contributed by atoms with E-state index in [1.807, 2.05) is 22.7 Å². The van der Waals surface area contributed by atoms with Gasteiger partial charge in [0.1, 0.15) is 0 Å². The molecule has 4 heteroatoms. The quantitative estimate of drug-likeness (QED) is 0.906. The molecule has 0 aliphatic carbocycles. The van der Waals surface area contributed by atoms with Gasteiger partial charge >= 0.3 is 0 Å².